The van der Waals surface area contributed by atoms with E-state index in [1.54, 1.807) is 0 Å². The lowest BCUT2D eigenvalue weighted by atomic mass is 10.2. The number of aromatic nitrogens is 2. The third-order valence-corrected chi connectivity index (χ3v) is 2.30. The highest BCUT2D eigenvalue weighted by atomic mass is 15.1. The predicted molar refractivity (Wildman–Crippen MR) is 44.3 cm³/mol. The van der Waals surface area contributed by atoms with E-state index in [2.05, 4.69) is 9.55 Å². The van der Waals surface area contributed by atoms with Crippen LogP contribution in [0.3, 0.4) is 0 Å². The maximum absolute atomic E-state index is 5.82. The van der Waals surface area contributed by atoms with Crippen molar-refractivity contribution >= 4 is 5.82 Å². The number of fused-ring (bicyclic) bond motifs is 1. The topological polar surface area (TPSA) is 43.8 Å². The summed E-state index contributed by atoms with van der Waals surface area (Å²) in [6, 6.07) is 0. The molecular weight excluding hydrogens is 138 g/mol. The molecule has 0 aliphatic carbocycles. The molecule has 0 amide bonds. The molecule has 60 valence electrons. The van der Waals surface area contributed by atoms with Gasteiger partial charge in [-0.15, -0.1) is 0 Å². The molecule has 0 radical (unpaired) electrons. The SMILES string of the molecule is Cc1nc2n(c1N)CCCC2. The molecule has 2 heterocycles. The molecule has 3 heteroatoms. The fourth-order valence-corrected chi connectivity index (χ4v) is 1.64. The number of nitrogens with two attached hydrogens (primary N) is 1. The summed E-state index contributed by atoms with van der Waals surface area (Å²) in [5, 5.41) is 0. The molecule has 0 unspecified atom stereocenters. The first-order valence-corrected chi connectivity index (χ1v) is 4.10. The Morgan fingerprint density at radius 3 is 3.00 bits per heavy atom. The van der Waals surface area contributed by atoms with Crippen molar-refractivity contribution in [3.05, 3.63) is 11.5 Å². The Morgan fingerprint density at radius 1 is 1.45 bits per heavy atom. The van der Waals surface area contributed by atoms with Gasteiger partial charge >= 0.3 is 0 Å². The van der Waals surface area contributed by atoms with Crippen molar-refractivity contribution in [2.45, 2.75) is 32.7 Å². The van der Waals surface area contributed by atoms with E-state index in [1.807, 2.05) is 6.92 Å². The average molecular weight is 151 g/mol. The van der Waals surface area contributed by atoms with Gasteiger partial charge in [-0.25, -0.2) is 4.98 Å². The van der Waals surface area contributed by atoms with E-state index in [-0.39, 0.29) is 0 Å². The van der Waals surface area contributed by atoms with Crippen LogP contribution in [-0.4, -0.2) is 9.55 Å². The van der Waals surface area contributed by atoms with Gasteiger partial charge in [-0.2, -0.15) is 0 Å². The fraction of sp³-hybridized carbons (Fsp3) is 0.625. The minimum Gasteiger partial charge on any atom is -0.384 e. The molecule has 11 heavy (non-hydrogen) atoms. The Bertz CT molecular complexity index is 275. The maximum atomic E-state index is 5.82. The van der Waals surface area contributed by atoms with Crippen LogP contribution in [0.2, 0.25) is 0 Å². The molecule has 0 bridgehead atoms. The first-order valence-electron chi connectivity index (χ1n) is 4.10. The van der Waals surface area contributed by atoms with Gasteiger partial charge < -0.3 is 10.3 Å². The van der Waals surface area contributed by atoms with Crippen molar-refractivity contribution in [2.24, 2.45) is 0 Å². The van der Waals surface area contributed by atoms with Crippen molar-refractivity contribution < 1.29 is 0 Å². The number of aryl methyl sites for hydroxylation is 2. The minimum absolute atomic E-state index is 0.861. The molecule has 1 aromatic heterocycles. The molecule has 2 N–H and O–H groups in total. The third-order valence-electron chi connectivity index (χ3n) is 2.30. The summed E-state index contributed by atoms with van der Waals surface area (Å²) < 4.78 is 2.14. The molecule has 0 atom stereocenters. The maximum Gasteiger partial charge on any atom is 0.126 e. The average Bonchev–Trinajstić information content (AvgIpc) is 2.30. The first-order chi connectivity index (χ1) is 5.29. The van der Waals surface area contributed by atoms with Crippen LogP contribution in [0.5, 0.6) is 0 Å². The Labute approximate surface area is 66.2 Å². The van der Waals surface area contributed by atoms with E-state index in [1.165, 1.54) is 18.7 Å². The summed E-state index contributed by atoms with van der Waals surface area (Å²) >= 11 is 0. The standard InChI is InChI=1S/C8H13N3/c1-6-8(9)11-5-3-2-4-7(11)10-6/h2-5,9H2,1H3. The predicted octanol–water partition coefficient (Wildman–Crippen LogP) is 1.11. The molecule has 1 aromatic rings. The molecule has 1 aliphatic heterocycles. The second-order valence-electron chi connectivity index (χ2n) is 3.11. The molecule has 3 nitrogen and oxygen atoms in total. The zero-order chi connectivity index (χ0) is 7.84. The largest absolute Gasteiger partial charge is 0.384 e. The molecule has 0 spiro atoms. The van der Waals surface area contributed by atoms with Crippen LogP contribution >= 0.6 is 0 Å². The van der Waals surface area contributed by atoms with Gasteiger partial charge in [0.2, 0.25) is 0 Å². The lowest BCUT2D eigenvalue weighted by Gasteiger charge is -2.13. The van der Waals surface area contributed by atoms with E-state index >= 15 is 0 Å². The summed E-state index contributed by atoms with van der Waals surface area (Å²) in [5.74, 6) is 2.03. The quantitative estimate of drug-likeness (QED) is 0.603. The molecular formula is C8H13N3. The Morgan fingerprint density at radius 2 is 2.27 bits per heavy atom. The van der Waals surface area contributed by atoms with Gasteiger partial charge in [0.1, 0.15) is 11.6 Å². The van der Waals surface area contributed by atoms with Crippen LogP contribution in [-0.2, 0) is 13.0 Å². The van der Waals surface area contributed by atoms with Crippen LogP contribution in [0, 0.1) is 6.92 Å². The van der Waals surface area contributed by atoms with Crippen LogP contribution in [0.15, 0.2) is 0 Å². The second kappa shape index (κ2) is 2.26. The highest BCUT2D eigenvalue weighted by Gasteiger charge is 2.14. The van der Waals surface area contributed by atoms with E-state index < -0.39 is 0 Å². The van der Waals surface area contributed by atoms with Crippen LogP contribution < -0.4 is 5.73 Å². The van der Waals surface area contributed by atoms with Gasteiger partial charge in [-0.1, -0.05) is 0 Å². The lowest BCUT2D eigenvalue weighted by molar-refractivity contribution is 0.527. The molecule has 0 saturated carbocycles. The number of nitrogen functional groups attached to an aromatic ring is 1. The second-order valence-corrected chi connectivity index (χ2v) is 3.11. The first kappa shape index (κ1) is 6.70. The van der Waals surface area contributed by atoms with Gasteiger partial charge in [-0.3, -0.25) is 0 Å². The summed E-state index contributed by atoms with van der Waals surface area (Å²) in [6.07, 6.45) is 3.60. The van der Waals surface area contributed by atoms with E-state index in [9.17, 15) is 0 Å². The summed E-state index contributed by atoms with van der Waals surface area (Å²) in [4.78, 5) is 4.39. The number of hydrogen-bond donors (Lipinski definition) is 1. The summed E-state index contributed by atoms with van der Waals surface area (Å²) in [7, 11) is 0. The number of anilines is 1. The Hall–Kier alpha value is -0.990. The van der Waals surface area contributed by atoms with Crippen molar-refractivity contribution in [3.63, 3.8) is 0 Å². The van der Waals surface area contributed by atoms with Crippen molar-refractivity contribution in [3.8, 4) is 0 Å². The number of imidazole rings is 1. The Kier molecular flexibility index (Phi) is 1.37. The van der Waals surface area contributed by atoms with Gasteiger partial charge in [0.25, 0.3) is 0 Å². The van der Waals surface area contributed by atoms with Crippen molar-refractivity contribution in [1.82, 2.24) is 9.55 Å². The van der Waals surface area contributed by atoms with Crippen LogP contribution in [0.25, 0.3) is 0 Å². The number of hydrogen-bond acceptors (Lipinski definition) is 2. The summed E-state index contributed by atoms with van der Waals surface area (Å²) in [5.41, 5.74) is 6.81. The van der Waals surface area contributed by atoms with Crippen molar-refractivity contribution in [1.29, 1.82) is 0 Å². The smallest absolute Gasteiger partial charge is 0.126 e. The fourth-order valence-electron chi connectivity index (χ4n) is 1.64. The summed E-state index contributed by atoms with van der Waals surface area (Å²) in [6.45, 7) is 3.03. The molecule has 0 saturated heterocycles. The van der Waals surface area contributed by atoms with E-state index in [0.29, 0.717) is 0 Å². The van der Waals surface area contributed by atoms with Gasteiger partial charge in [0.15, 0.2) is 0 Å². The zero-order valence-corrected chi connectivity index (χ0v) is 6.80. The van der Waals surface area contributed by atoms with Gasteiger partial charge in [-0.05, 0) is 19.8 Å². The number of rotatable bonds is 0. The lowest BCUT2D eigenvalue weighted by Crippen LogP contribution is -2.12. The highest BCUT2D eigenvalue weighted by molar-refractivity contribution is 5.37. The monoisotopic (exact) mass is 151 g/mol. The highest BCUT2D eigenvalue weighted by Crippen LogP contribution is 2.20. The molecule has 0 fully saturated rings. The van der Waals surface area contributed by atoms with Gasteiger partial charge in [0, 0.05) is 13.0 Å². The molecule has 1 aliphatic rings. The van der Waals surface area contributed by atoms with Crippen LogP contribution in [0.1, 0.15) is 24.4 Å². The van der Waals surface area contributed by atoms with E-state index in [0.717, 1.165) is 24.5 Å². The van der Waals surface area contributed by atoms with Gasteiger partial charge in [0.05, 0.1) is 5.69 Å². The third kappa shape index (κ3) is 0.914. The zero-order valence-electron chi connectivity index (χ0n) is 6.80. The number of nitrogens with zero attached hydrogens (tertiary/aromatic N) is 2. The molecule has 2 rings (SSSR count). The van der Waals surface area contributed by atoms with E-state index in [4.69, 9.17) is 5.73 Å². The normalized spacial score (nSPS) is 16.5. The Balaban J connectivity index is 2.50. The molecule has 0 aromatic carbocycles. The minimum atomic E-state index is 0.861. The van der Waals surface area contributed by atoms with Crippen LogP contribution in [0.4, 0.5) is 5.82 Å². The van der Waals surface area contributed by atoms with Crippen molar-refractivity contribution in [2.75, 3.05) is 5.73 Å².